The summed E-state index contributed by atoms with van der Waals surface area (Å²) in [4.78, 5) is 12.6. The lowest BCUT2D eigenvalue weighted by Gasteiger charge is -2.18. The molecule has 0 radical (unpaired) electrons. The molecule has 0 atom stereocenters. The molecule has 0 spiro atoms. The maximum Gasteiger partial charge on any atom is 0.270 e. The topological polar surface area (TPSA) is 125 Å². The molecule has 7 N–H and O–H groups in total. The van der Waals surface area contributed by atoms with E-state index in [2.05, 4.69) is 20.8 Å². The van der Waals surface area contributed by atoms with Crippen molar-refractivity contribution in [2.24, 2.45) is 11.6 Å². The number of nitrogens with zero attached hydrogens (tertiary/aromatic N) is 2. The molecular formula is C20H24ClN7O. The molecule has 2 aromatic carbocycles. The lowest BCUT2D eigenvalue weighted by molar-refractivity contribution is 0.0947. The van der Waals surface area contributed by atoms with Gasteiger partial charge in [-0.2, -0.15) is 5.10 Å². The van der Waals surface area contributed by atoms with E-state index in [1.54, 1.807) is 19.2 Å². The SMILES string of the molecule is Cc1c(NC/C(=C/N)N(C)N)ccc2c(C(=O)NCc3ccc(Cl)cc3)[nH]nc12. The number of nitrogens with two attached hydrogens (primary N) is 2. The molecule has 0 saturated carbocycles. The molecule has 0 bridgehead atoms. The Morgan fingerprint density at radius 3 is 2.66 bits per heavy atom. The number of carbonyl (C=O) groups excluding carboxylic acids is 1. The highest BCUT2D eigenvalue weighted by atomic mass is 35.5. The first kappa shape index (κ1) is 20.5. The number of likely N-dealkylation sites (N-methyl/N-ethyl adjacent to an activating group) is 1. The van der Waals surface area contributed by atoms with Gasteiger partial charge in [-0.05, 0) is 36.8 Å². The van der Waals surface area contributed by atoms with Crippen LogP contribution < -0.4 is 22.2 Å². The minimum absolute atomic E-state index is 0.222. The Kier molecular flexibility index (Phi) is 6.26. The molecule has 1 aromatic heterocycles. The van der Waals surface area contributed by atoms with Crippen LogP contribution in [0.25, 0.3) is 10.9 Å². The van der Waals surface area contributed by atoms with Crippen LogP contribution in [0, 0.1) is 6.92 Å². The maximum absolute atomic E-state index is 12.6. The maximum atomic E-state index is 12.6. The fourth-order valence-corrected chi connectivity index (χ4v) is 3.07. The van der Waals surface area contributed by atoms with Gasteiger partial charge in [0.25, 0.3) is 5.91 Å². The lowest BCUT2D eigenvalue weighted by atomic mass is 10.1. The summed E-state index contributed by atoms with van der Waals surface area (Å²) in [6.07, 6.45) is 1.46. The highest BCUT2D eigenvalue weighted by Crippen LogP contribution is 2.26. The van der Waals surface area contributed by atoms with Crippen molar-refractivity contribution in [3.8, 4) is 0 Å². The third-order valence-electron chi connectivity index (χ3n) is 4.68. The fourth-order valence-electron chi connectivity index (χ4n) is 2.94. The van der Waals surface area contributed by atoms with Gasteiger partial charge in [-0.25, -0.2) is 5.84 Å². The minimum Gasteiger partial charge on any atom is -0.403 e. The van der Waals surface area contributed by atoms with E-state index in [9.17, 15) is 4.79 Å². The van der Waals surface area contributed by atoms with E-state index in [-0.39, 0.29) is 5.91 Å². The van der Waals surface area contributed by atoms with Crippen LogP contribution in [0.1, 0.15) is 21.6 Å². The first-order valence-electron chi connectivity index (χ1n) is 9.04. The van der Waals surface area contributed by atoms with E-state index in [1.165, 1.54) is 11.2 Å². The third-order valence-corrected chi connectivity index (χ3v) is 4.93. The van der Waals surface area contributed by atoms with Gasteiger partial charge in [-0.15, -0.1) is 0 Å². The van der Waals surface area contributed by atoms with Crippen LogP contribution in [0.2, 0.25) is 5.02 Å². The molecule has 8 nitrogen and oxygen atoms in total. The smallest absolute Gasteiger partial charge is 0.270 e. The number of rotatable bonds is 7. The summed E-state index contributed by atoms with van der Waals surface area (Å²) >= 11 is 5.89. The highest BCUT2D eigenvalue weighted by molar-refractivity contribution is 6.30. The van der Waals surface area contributed by atoms with Crippen LogP contribution in [-0.2, 0) is 6.54 Å². The van der Waals surface area contributed by atoms with Gasteiger partial charge in [0.2, 0.25) is 0 Å². The van der Waals surface area contributed by atoms with E-state index < -0.39 is 0 Å². The Morgan fingerprint density at radius 2 is 2.00 bits per heavy atom. The van der Waals surface area contributed by atoms with Gasteiger partial charge in [-0.1, -0.05) is 23.7 Å². The normalized spacial score (nSPS) is 11.5. The van der Waals surface area contributed by atoms with E-state index >= 15 is 0 Å². The molecule has 0 saturated heterocycles. The van der Waals surface area contributed by atoms with E-state index in [4.69, 9.17) is 23.2 Å². The molecule has 0 fully saturated rings. The largest absolute Gasteiger partial charge is 0.403 e. The third kappa shape index (κ3) is 4.61. The van der Waals surface area contributed by atoms with Gasteiger partial charge in [0.1, 0.15) is 5.69 Å². The summed E-state index contributed by atoms with van der Waals surface area (Å²) in [7, 11) is 1.72. The van der Waals surface area contributed by atoms with Gasteiger partial charge >= 0.3 is 0 Å². The summed E-state index contributed by atoms with van der Waals surface area (Å²) in [6.45, 7) is 2.81. The molecule has 152 valence electrons. The zero-order chi connectivity index (χ0) is 21.0. The molecule has 1 amide bonds. The Morgan fingerprint density at radius 1 is 1.28 bits per heavy atom. The molecule has 0 aliphatic rings. The standard InChI is InChI=1S/C20H24ClN7O/c1-12-17(24-11-15(9-22)28(2)23)8-7-16-18(12)26-27-19(16)20(29)25-10-13-3-5-14(21)6-4-13/h3-9,24H,10-11,22-23H2,1-2H3,(H,25,29)(H,26,27)/b15-9-. The second kappa shape index (κ2) is 8.85. The van der Waals surface area contributed by atoms with Crippen LogP contribution in [0.3, 0.4) is 0 Å². The Balaban J connectivity index is 1.74. The van der Waals surface area contributed by atoms with Crippen LogP contribution >= 0.6 is 11.6 Å². The quantitative estimate of drug-likeness (QED) is 0.299. The van der Waals surface area contributed by atoms with Gasteiger partial charge < -0.3 is 21.4 Å². The number of anilines is 1. The Labute approximate surface area is 173 Å². The predicted molar refractivity (Wildman–Crippen MR) is 116 cm³/mol. The van der Waals surface area contributed by atoms with E-state index in [1.807, 2.05) is 31.2 Å². The molecule has 0 aliphatic heterocycles. The number of amides is 1. The van der Waals surface area contributed by atoms with Crippen LogP contribution in [-0.4, -0.2) is 34.7 Å². The molecular weight excluding hydrogens is 390 g/mol. The number of hydrazine groups is 1. The molecule has 3 rings (SSSR count). The summed E-state index contributed by atoms with van der Waals surface area (Å²) in [5, 5.41) is 16.2. The Hall–Kier alpha value is -3.23. The number of fused-ring (bicyclic) bond motifs is 1. The van der Waals surface area contributed by atoms with Gasteiger partial charge in [0, 0.05) is 41.5 Å². The number of hydrogen-bond donors (Lipinski definition) is 5. The second-order valence-corrected chi connectivity index (χ2v) is 7.10. The average molecular weight is 414 g/mol. The van der Waals surface area contributed by atoms with Crippen molar-refractivity contribution in [3.05, 3.63) is 70.1 Å². The lowest BCUT2D eigenvalue weighted by Crippen LogP contribution is -2.30. The van der Waals surface area contributed by atoms with Crippen molar-refractivity contribution >= 4 is 34.1 Å². The first-order chi connectivity index (χ1) is 13.9. The van der Waals surface area contributed by atoms with Crippen molar-refractivity contribution in [2.45, 2.75) is 13.5 Å². The van der Waals surface area contributed by atoms with Crippen molar-refractivity contribution in [1.82, 2.24) is 20.5 Å². The first-order valence-corrected chi connectivity index (χ1v) is 9.42. The summed E-state index contributed by atoms with van der Waals surface area (Å²) < 4.78 is 0. The van der Waals surface area contributed by atoms with Crippen LogP contribution in [0.15, 0.2) is 48.3 Å². The number of aromatic amines is 1. The zero-order valence-electron chi connectivity index (χ0n) is 16.3. The van der Waals surface area contributed by atoms with E-state index in [0.29, 0.717) is 23.8 Å². The van der Waals surface area contributed by atoms with Crippen molar-refractivity contribution in [2.75, 3.05) is 18.9 Å². The summed E-state index contributed by atoms with van der Waals surface area (Å²) in [6, 6.07) is 11.1. The van der Waals surface area contributed by atoms with Crippen LogP contribution in [0.5, 0.6) is 0 Å². The van der Waals surface area contributed by atoms with Crippen LogP contribution in [0.4, 0.5) is 5.69 Å². The number of aromatic nitrogens is 2. The molecule has 29 heavy (non-hydrogen) atoms. The molecule has 9 heteroatoms. The van der Waals surface area contributed by atoms with Gasteiger partial charge in [-0.3, -0.25) is 9.89 Å². The molecule has 3 aromatic rings. The number of nitrogens with one attached hydrogen (secondary N) is 3. The van der Waals surface area contributed by atoms with Crippen molar-refractivity contribution < 1.29 is 4.79 Å². The molecule has 1 heterocycles. The average Bonchev–Trinajstić information content (AvgIpc) is 3.14. The number of H-pyrrole nitrogens is 1. The monoisotopic (exact) mass is 413 g/mol. The Bertz CT molecular complexity index is 1040. The minimum atomic E-state index is -0.222. The predicted octanol–water partition coefficient (Wildman–Crippen LogP) is 2.47. The number of hydrogen-bond acceptors (Lipinski definition) is 6. The van der Waals surface area contributed by atoms with Crippen molar-refractivity contribution in [3.63, 3.8) is 0 Å². The highest BCUT2D eigenvalue weighted by Gasteiger charge is 2.16. The van der Waals surface area contributed by atoms with Crippen molar-refractivity contribution in [1.29, 1.82) is 0 Å². The molecule has 0 aliphatic carbocycles. The molecule has 0 unspecified atom stereocenters. The van der Waals surface area contributed by atoms with Gasteiger partial charge in [0.05, 0.1) is 17.8 Å². The second-order valence-electron chi connectivity index (χ2n) is 6.66. The fraction of sp³-hybridized carbons (Fsp3) is 0.200. The van der Waals surface area contributed by atoms with E-state index in [0.717, 1.165) is 33.4 Å². The number of halogens is 1. The summed E-state index contributed by atoms with van der Waals surface area (Å²) in [5.41, 5.74) is 10.3. The zero-order valence-corrected chi connectivity index (χ0v) is 17.0. The summed E-state index contributed by atoms with van der Waals surface area (Å²) in [5.74, 6) is 5.51. The van der Waals surface area contributed by atoms with Gasteiger partial charge in [0.15, 0.2) is 0 Å². The number of benzene rings is 2. The number of aryl methyl sites for hydroxylation is 1. The number of carbonyl (C=O) groups is 1.